The van der Waals surface area contributed by atoms with Crippen LogP contribution in [-0.2, 0) is 11.2 Å². The maximum Gasteiger partial charge on any atom is 0.225 e. The van der Waals surface area contributed by atoms with Gasteiger partial charge < -0.3 is 5.73 Å². The Labute approximate surface area is 101 Å². The lowest BCUT2D eigenvalue weighted by Crippen LogP contribution is -2.23. The maximum atomic E-state index is 11.5. The number of benzene rings is 2. The zero-order valence-corrected chi connectivity index (χ0v) is 9.54. The third kappa shape index (κ3) is 2.94. The van der Waals surface area contributed by atoms with Gasteiger partial charge in [0, 0.05) is 0 Å². The van der Waals surface area contributed by atoms with Gasteiger partial charge >= 0.3 is 0 Å². The molecule has 1 atom stereocenters. The minimum atomic E-state index is -0.278. The van der Waals surface area contributed by atoms with Crippen LogP contribution in [0, 0.1) is 0 Å². The molecule has 86 valence electrons. The summed E-state index contributed by atoms with van der Waals surface area (Å²) < 4.78 is 0. The molecule has 2 heteroatoms. The molecule has 17 heavy (non-hydrogen) atoms. The van der Waals surface area contributed by atoms with Crippen molar-refractivity contribution < 1.29 is 4.79 Å². The highest BCUT2D eigenvalue weighted by molar-refractivity contribution is 5.82. The van der Waals surface area contributed by atoms with Gasteiger partial charge in [-0.2, -0.15) is 0 Å². The van der Waals surface area contributed by atoms with Crippen LogP contribution in [0.25, 0.3) is 0 Å². The van der Waals surface area contributed by atoms with Crippen LogP contribution in [0.3, 0.4) is 0 Å². The summed E-state index contributed by atoms with van der Waals surface area (Å²) >= 11 is 0. The van der Waals surface area contributed by atoms with Gasteiger partial charge in [-0.3, -0.25) is 4.79 Å². The summed E-state index contributed by atoms with van der Waals surface area (Å²) in [6.07, 6.45) is 0.653. The van der Waals surface area contributed by atoms with Crippen molar-refractivity contribution in [1.82, 2.24) is 0 Å². The maximum absolute atomic E-state index is 11.5. The van der Waals surface area contributed by atoms with Crippen molar-refractivity contribution in [3.05, 3.63) is 71.8 Å². The van der Waals surface area contributed by atoms with E-state index in [0.29, 0.717) is 6.42 Å². The van der Waals surface area contributed by atoms with Crippen molar-refractivity contribution in [2.75, 3.05) is 0 Å². The van der Waals surface area contributed by atoms with Crippen LogP contribution < -0.4 is 5.73 Å². The summed E-state index contributed by atoms with van der Waals surface area (Å²) in [5.74, 6) is -0.529. The Bertz CT molecular complexity index is 479. The topological polar surface area (TPSA) is 43.1 Å². The summed E-state index contributed by atoms with van der Waals surface area (Å²) in [6, 6.07) is 19.6. The Morgan fingerprint density at radius 1 is 0.941 bits per heavy atom. The van der Waals surface area contributed by atoms with Gasteiger partial charge in [0.1, 0.15) is 0 Å². The predicted molar refractivity (Wildman–Crippen MR) is 68.5 cm³/mol. The number of hydrogen-bond donors (Lipinski definition) is 1. The van der Waals surface area contributed by atoms with Gasteiger partial charge in [0.2, 0.25) is 5.91 Å². The van der Waals surface area contributed by atoms with Gasteiger partial charge in [0.05, 0.1) is 5.92 Å². The van der Waals surface area contributed by atoms with Crippen molar-refractivity contribution in [1.29, 1.82) is 0 Å². The van der Waals surface area contributed by atoms with E-state index in [1.165, 1.54) is 0 Å². The predicted octanol–water partition coefficient (Wildman–Crippen LogP) is 2.50. The number of carbonyl (C=O) groups excluding carboxylic acids is 1. The molecule has 2 rings (SSSR count). The number of rotatable bonds is 4. The first-order valence-corrected chi connectivity index (χ1v) is 5.65. The molecule has 0 saturated heterocycles. The summed E-state index contributed by atoms with van der Waals surface area (Å²) in [7, 11) is 0. The first-order valence-electron chi connectivity index (χ1n) is 5.65. The standard InChI is InChI=1S/C15H15NO/c16-15(17)14(13-9-5-2-6-10-13)11-12-7-3-1-4-8-12/h1-10,14H,11H2,(H2,16,17). The van der Waals surface area contributed by atoms with Crippen LogP contribution in [-0.4, -0.2) is 5.91 Å². The summed E-state index contributed by atoms with van der Waals surface area (Å²) in [5, 5.41) is 0. The molecule has 1 amide bonds. The van der Waals surface area contributed by atoms with Gasteiger partial charge in [-0.05, 0) is 17.5 Å². The van der Waals surface area contributed by atoms with Crippen molar-refractivity contribution in [2.45, 2.75) is 12.3 Å². The second-order valence-electron chi connectivity index (χ2n) is 4.06. The van der Waals surface area contributed by atoms with Gasteiger partial charge in [0.25, 0.3) is 0 Å². The smallest absolute Gasteiger partial charge is 0.225 e. The van der Waals surface area contributed by atoms with E-state index in [1.54, 1.807) is 0 Å². The molecular formula is C15H15NO. The molecule has 0 aliphatic carbocycles. The quantitative estimate of drug-likeness (QED) is 0.853. The molecule has 0 fully saturated rings. The first-order chi connectivity index (χ1) is 8.27. The molecule has 2 nitrogen and oxygen atoms in total. The van der Waals surface area contributed by atoms with Crippen molar-refractivity contribution in [3.8, 4) is 0 Å². The van der Waals surface area contributed by atoms with E-state index in [0.717, 1.165) is 11.1 Å². The third-order valence-corrected chi connectivity index (χ3v) is 2.83. The van der Waals surface area contributed by atoms with E-state index in [2.05, 4.69) is 0 Å². The fraction of sp³-hybridized carbons (Fsp3) is 0.133. The molecule has 0 spiro atoms. The normalized spacial score (nSPS) is 12.0. The van der Waals surface area contributed by atoms with Crippen LogP contribution in [0.4, 0.5) is 0 Å². The molecule has 2 N–H and O–H groups in total. The Morgan fingerprint density at radius 3 is 2.00 bits per heavy atom. The van der Waals surface area contributed by atoms with E-state index in [9.17, 15) is 4.79 Å². The number of nitrogens with two attached hydrogens (primary N) is 1. The highest BCUT2D eigenvalue weighted by Gasteiger charge is 2.17. The first kappa shape index (κ1) is 11.4. The number of amides is 1. The molecule has 1 unspecified atom stereocenters. The SMILES string of the molecule is NC(=O)C(Cc1ccccc1)c1ccccc1. The van der Waals surface area contributed by atoms with Crippen LogP contribution in [0.15, 0.2) is 60.7 Å². The van der Waals surface area contributed by atoms with Crippen molar-refractivity contribution >= 4 is 5.91 Å². The van der Waals surface area contributed by atoms with E-state index >= 15 is 0 Å². The number of hydrogen-bond acceptors (Lipinski definition) is 1. The Morgan fingerprint density at radius 2 is 1.47 bits per heavy atom. The van der Waals surface area contributed by atoms with Crippen LogP contribution in [0.5, 0.6) is 0 Å². The zero-order valence-electron chi connectivity index (χ0n) is 9.54. The lowest BCUT2D eigenvalue weighted by atomic mass is 9.91. The lowest BCUT2D eigenvalue weighted by Gasteiger charge is -2.13. The average Bonchev–Trinajstić information content (AvgIpc) is 2.38. The van der Waals surface area contributed by atoms with Gasteiger partial charge in [-0.15, -0.1) is 0 Å². The second kappa shape index (κ2) is 5.30. The largest absolute Gasteiger partial charge is 0.369 e. The highest BCUT2D eigenvalue weighted by Crippen LogP contribution is 2.20. The monoisotopic (exact) mass is 225 g/mol. The fourth-order valence-electron chi connectivity index (χ4n) is 1.92. The Kier molecular flexibility index (Phi) is 3.55. The summed E-state index contributed by atoms with van der Waals surface area (Å²) in [4.78, 5) is 11.5. The molecule has 0 aliphatic heterocycles. The van der Waals surface area contributed by atoms with Crippen LogP contribution >= 0.6 is 0 Å². The molecule has 0 aromatic heterocycles. The lowest BCUT2D eigenvalue weighted by molar-refractivity contribution is -0.119. The molecule has 0 heterocycles. The number of carbonyl (C=O) groups is 1. The van der Waals surface area contributed by atoms with Gasteiger partial charge in [0.15, 0.2) is 0 Å². The van der Waals surface area contributed by atoms with E-state index in [1.807, 2.05) is 60.7 Å². The molecule has 0 saturated carbocycles. The van der Waals surface area contributed by atoms with Gasteiger partial charge in [-0.25, -0.2) is 0 Å². The summed E-state index contributed by atoms with van der Waals surface area (Å²) in [5.41, 5.74) is 7.58. The van der Waals surface area contributed by atoms with Crippen LogP contribution in [0.2, 0.25) is 0 Å². The molecule has 2 aromatic carbocycles. The fourth-order valence-corrected chi connectivity index (χ4v) is 1.92. The molecular weight excluding hydrogens is 210 g/mol. The van der Waals surface area contributed by atoms with Crippen molar-refractivity contribution in [2.24, 2.45) is 5.73 Å². The molecule has 0 bridgehead atoms. The molecule has 0 radical (unpaired) electrons. The third-order valence-electron chi connectivity index (χ3n) is 2.83. The second-order valence-corrected chi connectivity index (χ2v) is 4.06. The van der Waals surface area contributed by atoms with E-state index in [4.69, 9.17) is 5.73 Å². The Balaban J connectivity index is 2.23. The van der Waals surface area contributed by atoms with Crippen molar-refractivity contribution in [3.63, 3.8) is 0 Å². The summed E-state index contributed by atoms with van der Waals surface area (Å²) in [6.45, 7) is 0. The average molecular weight is 225 g/mol. The minimum Gasteiger partial charge on any atom is -0.369 e. The Hall–Kier alpha value is -2.09. The van der Waals surface area contributed by atoms with Gasteiger partial charge in [-0.1, -0.05) is 60.7 Å². The minimum absolute atomic E-state index is 0.251. The molecule has 0 aliphatic rings. The van der Waals surface area contributed by atoms with Crippen LogP contribution in [0.1, 0.15) is 17.0 Å². The molecule has 2 aromatic rings. The highest BCUT2D eigenvalue weighted by atomic mass is 16.1. The van der Waals surface area contributed by atoms with E-state index < -0.39 is 0 Å². The van der Waals surface area contributed by atoms with E-state index in [-0.39, 0.29) is 11.8 Å². The zero-order chi connectivity index (χ0) is 12.1. The number of primary amides is 1.